The first-order valence-corrected chi connectivity index (χ1v) is 6.85. The molecule has 19 heavy (non-hydrogen) atoms. The van der Waals surface area contributed by atoms with Gasteiger partial charge in [-0.1, -0.05) is 12.1 Å². The molecule has 0 bridgehead atoms. The van der Waals surface area contributed by atoms with Crippen LogP contribution in [0, 0.1) is 0 Å². The summed E-state index contributed by atoms with van der Waals surface area (Å²) in [6.07, 6.45) is 2.60. The maximum atomic E-state index is 12.3. The lowest BCUT2D eigenvalue weighted by atomic mass is 10.0. The Morgan fingerprint density at radius 3 is 2.47 bits per heavy atom. The molecule has 1 aromatic carbocycles. The van der Waals surface area contributed by atoms with Crippen LogP contribution in [0.1, 0.15) is 18.4 Å². The van der Waals surface area contributed by atoms with Gasteiger partial charge >= 0.3 is 0 Å². The second-order valence-electron chi connectivity index (χ2n) is 5.46. The summed E-state index contributed by atoms with van der Waals surface area (Å²) in [5.41, 5.74) is 7.41. The summed E-state index contributed by atoms with van der Waals surface area (Å²) in [6.45, 7) is 2.15. The van der Waals surface area contributed by atoms with Gasteiger partial charge in [0.25, 0.3) is 0 Å². The van der Waals surface area contributed by atoms with Crippen LogP contribution >= 0.6 is 0 Å². The molecule has 0 unspecified atom stereocenters. The molecule has 1 heterocycles. The topological polar surface area (TPSA) is 49.6 Å². The van der Waals surface area contributed by atoms with Crippen LogP contribution in [0.2, 0.25) is 0 Å². The van der Waals surface area contributed by atoms with Gasteiger partial charge in [-0.05, 0) is 50.7 Å². The number of nitrogens with zero attached hydrogens (tertiary/aromatic N) is 2. The fourth-order valence-electron chi connectivity index (χ4n) is 2.52. The van der Waals surface area contributed by atoms with Crippen molar-refractivity contribution in [3.05, 3.63) is 29.8 Å². The van der Waals surface area contributed by atoms with E-state index in [1.807, 2.05) is 36.2 Å². The Morgan fingerprint density at radius 1 is 1.32 bits per heavy atom. The summed E-state index contributed by atoms with van der Waals surface area (Å²) < 4.78 is 0. The first-order valence-electron chi connectivity index (χ1n) is 6.85. The smallest absolute Gasteiger partial charge is 0.226 e. The number of rotatable bonds is 3. The van der Waals surface area contributed by atoms with E-state index in [0.717, 1.165) is 37.2 Å². The van der Waals surface area contributed by atoms with Crippen LogP contribution in [0.4, 0.5) is 5.69 Å². The summed E-state index contributed by atoms with van der Waals surface area (Å²) in [6, 6.07) is 7.93. The van der Waals surface area contributed by atoms with Gasteiger partial charge in [-0.3, -0.25) is 4.79 Å². The fraction of sp³-hybridized carbons (Fsp3) is 0.533. The minimum atomic E-state index is 0.194. The average molecular weight is 261 g/mol. The van der Waals surface area contributed by atoms with Crippen molar-refractivity contribution in [3.8, 4) is 0 Å². The summed E-state index contributed by atoms with van der Waals surface area (Å²) in [5, 5.41) is 0. The molecule has 0 radical (unpaired) electrons. The van der Waals surface area contributed by atoms with E-state index in [4.69, 9.17) is 5.73 Å². The van der Waals surface area contributed by atoms with Crippen molar-refractivity contribution in [2.24, 2.45) is 0 Å². The van der Waals surface area contributed by atoms with Gasteiger partial charge in [-0.15, -0.1) is 0 Å². The highest BCUT2D eigenvalue weighted by Gasteiger charge is 2.23. The molecule has 4 heteroatoms. The van der Waals surface area contributed by atoms with Gasteiger partial charge in [0.1, 0.15) is 0 Å². The minimum absolute atomic E-state index is 0.194. The lowest BCUT2D eigenvalue weighted by Crippen LogP contribution is -2.44. The van der Waals surface area contributed by atoms with Crippen LogP contribution in [-0.4, -0.2) is 48.9 Å². The van der Waals surface area contributed by atoms with Crippen molar-refractivity contribution in [2.45, 2.75) is 25.3 Å². The second kappa shape index (κ2) is 6.06. The third-order valence-corrected chi connectivity index (χ3v) is 3.96. The second-order valence-corrected chi connectivity index (χ2v) is 5.46. The van der Waals surface area contributed by atoms with E-state index in [9.17, 15) is 4.79 Å². The van der Waals surface area contributed by atoms with E-state index in [0.29, 0.717) is 12.5 Å². The predicted octanol–water partition coefficient (Wildman–Crippen LogP) is 1.36. The monoisotopic (exact) mass is 261 g/mol. The van der Waals surface area contributed by atoms with E-state index >= 15 is 0 Å². The van der Waals surface area contributed by atoms with Gasteiger partial charge in [0.15, 0.2) is 0 Å². The number of nitrogens with two attached hydrogens (primary N) is 1. The Morgan fingerprint density at radius 2 is 1.89 bits per heavy atom. The largest absolute Gasteiger partial charge is 0.399 e. The molecule has 2 N–H and O–H groups in total. The van der Waals surface area contributed by atoms with E-state index < -0.39 is 0 Å². The Labute approximate surface area is 115 Å². The fourth-order valence-corrected chi connectivity index (χ4v) is 2.52. The lowest BCUT2D eigenvalue weighted by molar-refractivity contribution is -0.132. The number of nitrogen functional groups attached to an aromatic ring is 1. The summed E-state index contributed by atoms with van der Waals surface area (Å²) in [5.74, 6) is 0.194. The molecule has 1 aromatic rings. The molecular formula is C15H23N3O. The third kappa shape index (κ3) is 3.70. The van der Waals surface area contributed by atoms with Crippen LogP contribution in [-0.2, 0) is 11.2 Å². The molecule has 4 nitrogen and oxygen atoms in total. The van der Waals surface area contributed by atoms with Gasteiger partial charge in [0, 0.05) is 18.8 Å². The first kappa shape index (κ1) is 13.9. The molecule has 1 saturated heterocycles. The normalized spacial score (nSPS) is 17.4. The minimum Gasteiger partial charge on any atom is -0.399 e. The zero-order valence-electron chi connectivity index (χ0n) is 11.8. The highest BCUT2D eigenvalue weighted by atomic mass is 16.2. The number of likely N-dealkylation sites (tertiary alicyclic amines) is 1. The van der Waals surface area contributed by atoms with E-state index in [1.54, 1.807) is 0 Å². The van der Waals surface area contributed by atoms with E-state index in [2.05, 4.69) is 11.9 Å². The highest BCUT2D eigenvalue weighted by Crippen LogP contribution is 2.15. The number of carbonyl (C=O) groups is 1. The molecule has 0 saturated carbocycles. The molecule has 0 atom stereocenters. The number of anilines is 1. The summed E-state index contributed by atoms with van der Waals surface area (Å²) >= 11 is 0. The Hall–Kier alpha value is -1.55. The highest BCUT2D eigenvalue weighted by molar-refractivity contribution is 5.79. The molecule has 0 spiro atoms. The summed E-state index contributed by atoms with van der Waals surface area (Å²) in [7, 11) is 4.06. The quantitative estimate of drug-likeness (QED) is 0.836. The van der Waals surface area contributed by atoms with Crippen molar-refractivity contribution < 1.29 is 4.79 Å². The third-order valence-electron chi connectivity index (χ3n) is 3.96. The number of hydrogen-bond acceptors (Lipinski definition) is 3. The SMILES string of the molecule is CN1CCC(N(C)C(=O)Cc2ccc(N)cc2)CC1. The molecule has 0 aromatic heterocycles. The van der Waals surface area contributed by atoms with E-state index in [1.165, 1.54) is 0 Å². The summed E-state index contributed by atoms with van der Waals surface area (Å²) in [4.78, 5) is 16.5. The van der Waals surface area contributed by atoms with Crippen LogP contribution in [0.25, 0.3) is 0 Å². The van der Waals surface area contributed by atoms with Gasteiger partial charge in [-0.2, -0.15) is 0 Å². The van der Waals surface area contributed by atoms with Crippen molar-refractivity contribution in [1.29, 1.82) is 0 Å². The van der Waals surface area contributed by atoms with Crippen LogP contribution < -0.4 is 5.73 Å². The molecule has 1 amide bonds. The average Bonchev–Trinajstić information content (AvgIpc) is 2.41. The van der Waals surface area contributed by atoms with Crippen molar-refractivity contribution in [2.75, 3.05) is 32.9 Å². The number of carbonyl (C=O) groups excluding carboxylic acids is 1. The molecular weight excluding hydrogens is 238 g/mol. The van der Waals surface area contributed by atoms with Gasteiger partial charge in [0.2, 0.25) is 5.91 Å². The molecule has 1 aliphatic rings. The van der Waals surface area contributed by atoms with E-state index in [-0.39, 0.29) is 5.91 Å². The molecule has 1 aliphatic heterocycles. The van der Waals surface area contributed by atoms with Gasteiger partial charge in [0.05, 0.1) is 6.42 Å². The zero-order chi connectivity index (χ0) is 13.8. The lowest BCUT2D eigenvalue weighted by Gasteiger charge is -2.35. The first-order chi connectivity index (χ1) is 9.06. The molecule has 0 aliphatic carbocycles. The Kier molecular flexibility index (Phi) is 4.43. The Bertz CT molecular complexity index is 422. The molecule has 2 rings (SSSR count). The van der Waals surface area contributed by atoms with Crippen LogP contribution in [0.15, 0.2) is 24.3 Å². The maximum Gasteiger partial charge on any atom is 0.226 e. The number of likely N-dealkylation sites (N-methyl/N-ethyl adjacent to an activating group) is 1. The molecule has 104 valence electrons. The number of amides is 1. The zero-order valence-corrected chi connectivity index (χ0v) is 11.8. The number of piperidine rings is 1. The van der Waals surface area contributed by atoms with Crippen molar-refractivity contribution in [3.63, 3.8) is 0 Å². The van der Waals surface area contributed by atoms with Gasteiger partial charge < -0.3 is 15.5 Å². The van der Waals surface area contributed by atoms with Crippen molar-refractivity contribution in [1.82, 2.24) is 9.80 Å². The van der Waals surface area contributed by atoms with Crippen molar-refractivity contribution >= 4 is 11.6 Å². The maximum absolute atomic E-state index is 12.3. The Balaban J connectivity index is 1.90. The van der Waals surface area contributed by atoms with Crippen LogP contribution in [0.3, 0.4) is 0 Å². The van der Waals surface area contributed by atoms with Crippen LogP contribution in [0.5, 0.6) is 0 Å². The standard InChI is InChI=1S/C15H23N3O/c1-17-9-7-14(8-10-17)18(2)15(19)11-12-3-5-13(16)6-4-12/h3-6,14H,7-11,16H2,1-2H3. The van der Waals surface area contributed by atoms with Gasteiger partial charge in [-0.25, -0.2) is 0 Å². The predicted molar refractivity (Wildman–Crippen MR) is 77.8 cm³/mol. The number of benzene rings is 1. The molecule has 1 fully saturated rings. The number of hydrogen-bond donors (Lipinski definition) is 1.